The van der Waals surface area contributed by atoms with Crippen molar-refractivity contribution in [1.82, 2.24) is 0 Å². The number of carboxylic acids is 1. The minimum Gasteiger partial charge on any atom is -0.480 e. The molecule has 6 nitrogen and oxygen atoms in total. The summed E-state index contributed by atoms with van der Waals surface area (Å²) in [6.45, 7) is 2.96. The van der Waals surface area contributed by atoms with Crippen LogP contribution in [0.2, 0.25) is 0 Å². The lowest BCUT2D eigenvalue weighted by Gasteiger charge is -2.27. The van der Waals surface area contributed by atoms with E-state index in [1.54, 1.807) is 6.92 Å². The zero-order valence-corrected chi connectivity index (χ0v) is 10.9. The first-order valence-electron chi connectivity index (χ1n) is 5.87. The Balaban J connectivity index is 3.34. The Labute approximate surface area is 113 Å². The lowest BCUT2D eigenvalue weighted by Crippen LogP contribution is -2.43. The average Bonchev–Trinajstić information content (AvgIpc) is 2.35. The topological polar surface area (TPSA) is 92.5 Å². The van der Waals surface area contributed by atoms with Gasteiger partial charge in [0.15, 0.2) is 17.3 Å². The van der Waals surface area contributed by atoms with Crippen LogP contribution >= 0.6 is 0 Å². The van der Waals surface area contributed by atoms with E-state index < -0.39 is 39.4 Å². The van der Waals surface area contributed by atoms with Gasteiger partial charge in [-0.3, -0.25) is 10.1 Å². The Morgan fingerprint density at radius 2 is 2.10 bits per heavy atom. The predicted molar refractivity (Wildman–Crippen MR) is 67.6 cm³/mol. The van der Waals surface area contributed by atoms with Crippen molar-refractivity contribution < 1.29 is 23.6 Å². The molecule has 0 saturated carbocycles. The highest BCUT2D eigenvalue weighted by Crippen LogP contribution is 2.32. The molecule has 110 valence electrons. The Morgan fingerprint density at radius 3 is 2.55 bits per heavy atom. The van der Waals surface area contributed by atoms with Gasteiger partial charge in [0.1, 0.15) is 5.54 Å². The number of nitro benzene ring substituents is 1. The van der Waals surface area contributed by atoms with Crippen molar-refractivity contribution in [3.8, 4) is 0 Å². The number of benzene rings is 1. The Morgan fingerprint density at radius 1 is 1.50 bits per heavy atom. The van der Waals surface area contributed by atoms with Gasteiger partial charge in [-0.1, -0.05) is 13.3 Å². The maximum Gasteiger partial charge on any atom is 0.329 e. The van der Waals surface area contributed by atoms with Crippen LogP contribution in [0.1, 0.15) is 26.7 Å². The largest absolute Gasteiger partial charge is 0.480 e. The summed E-state index contributed by atoms with van der Waals surface area (Å²) in [7, 11) is 0. The highest BCUT2D eigenvalue weighted by atomic mass is 19.2. The molecule has 0 amide bonds. The number of carbonyl (C=O) groups is 1. The molecule has 1 rings (SSSR count). The van der Waals surface area contributed by atoms with Gasteiger partial charge < -0.3 is 10.4 Å². The molecule has 8 heteroatoms. The van der Waals surface area contributed by atoms with Crippen molar-refractivity contribution in [2.45, 2.75) is 32.2 Å². The minimum atomic E-state index is -1.63. The van der Waals surface area contributed by atoms with Gasteiger partial charge in [-0.25, -0.2) is 13.6 Å². The Kier molecular flexibility index (Phi) is 4.59. The van der Waals surface area contributed by atoms with Gasteiger partial charge in [0.25, 0.3) is 5.69 Å². The molecule has 0 fully saturated rings. The molecule has 0 radical (unpaired) electrons. The molecule has 0 aromatic heterocycles. The summed E-state index contributed by atoms with van der Waals surface area (Å²) in [5.74, 6) is -4.07. The van der Waals surface area contributed by atoms with E-state index in [-0.39, 0.29) is 6.42 Å². The molecule has 0 spiro atoms. The molecule has 0 saturated heterocycles. The average molecular weight is 288 g/mol. The minimum absolute atomic E-state index is 0.0927. The van der Waals surface area contributed by atoms with E-state index in [0.717, 1.165) is 6.07 Å². The van der Waals surface area contributed by atoms with Gasteiger partial charge in [0.05, 0.1) is 4.92 Å². The zero-order chi connectivity index (χ0) is 15.5. The molecule has 1 atom stereocenters. The number of aliphatic carboxylic acids is 1. The number of halogens is 2. The van der Waals surface area contributed by atoms with E-state index >= 15 is 0 Å². The molecule has 1 aromatic rings. The quantitative estimate of drug-likeness (QED) is 0.620. The maximum atomic E-state index is 13.7. The maximum absolute atomic E-state index is 13.7. The number of carboxylic acid groups (broad SMARTS) is 1. The van der Waals surface area contributed by atoms with Crippen LogP contribution in [0.5, 0.6) is 0 Å². The van der Waals surface area contributed by atoms with E-state index in [0.29, 0.717) is 12.5 Å². The Bertz CT molecular complexity index is 551. The van der Waals surface area contributed by atoms with Crippen LogP contribution in [0.3, 0.4) is 0 Å². The molecule has 0 aliphatic heterocycles. The monoisotopic (exact) mass is 288 g/mol. The number of nitro groups is 1. The fraction of sp³-hybridized carbons (Fsp3) is 0.417. The van der Waals surface area contributed by atoms with Crippen molar-refractivity contribution >= 4 is 17.3 Å². The van der Waals surface area contributed by atoms with Gasteiger partial charge in [-0.2, -0.15) is 0 Å². The van der Waals surface area contributed by atoms with Gasteiger partial charge in [0.2, 0.25) is 0 Å². The van der Waals surface area contributed by atoms with Crippen molar-refractivity contribution in [3.05, 3.63) is 33.9 Å². The summed E-state index contributed by atoms with van der Waals surface area (Å²) in [5.41, 5.74) is -3.10. The second kappa shape index (κ2) is 5.81. The predicted octanol–water partition coefficient (Wildman–Crippen LogP) is 2.93. The third kappa shape index (κ3) is 3.01. The summed E-state index contributed by atoms with van der Waals surface area (Å²) >= 11 is 0. The standard InChI is InChI=1S/C12H14F2N2O4/c1-3-6-12(2,11(17)18)15-10-8(16(19)20)5-4-7(13)9(10)14/h4-5,15H,3,6H2,1-2H3,(H,17,18). The number of hydrogen-bond acceptors (Lipinski definition) is 4. The molecule has 20 heavy (non-hydrogen) atoms. The van der Waals surface area contributed by atoms with Crippen LogP contribution in [-0.2, 0) is 4.79 Å². The number of anilines is 1. The molecule has 0 aliphatic carbocycles. The zero-order valence-electron chi connectivity index (χ0n) is 10.9. The number of rotatable bonds is 6. The fourth-order valence-electron chi connectivity index (χ4n) is 1.81. The van der Waals surface area contributed by atoms with Crippen molar-refractivity contribution in [2.24, 2.45) is 0 Å². The Hall–Kier alpha value is -2.25. The highest BCUT2D eigenvalue weighted by Gasteiger charge is 2.36. The molecule has 0 heterocycles. The van der Waals surface area contributed by atoms with Gasteiger partial charge in [0, 0.05) is 6.07 Å². The van der Waals surface area contributed by atoms with Crippen LogP contribution in [0.4, 0.5) is 20.2 Å². The van der Waals surface area contributed by atoms with Crippen LogP contribution < -0.4 is 5.32 Å². The summed E-state index contributed by atoms with van der Waals surface area (Å²) in [4.78, 5) is 21.2. The fourth-order valence-corrected chi connectivity index (χ4v) is 1.81. The first kappa shape index (κ1) is 15.8. The molecule has 1 aromatic carbocycles. The van der Waals surface area contributed by atoms with Gasteiger partial charge in [-0.05, 0) is 19.4 Å². The molecule has 2 N–H and O–H groups in total. The van der Waals surface area contributed by atoms with Crippen molar-refractivity contribution in [1.29, 1.82) is 0 Å². The van der Waals surface area contributed by atoms with Crippen molar-refractivity contribution in [2.75, 3.05) is 5.32 Å². The summed E-state index contributed by atoms with van der Waals surface area (Å²) in [5, 5.41) is 22.3. The first-order valence-corrected chi connectivity index (χ1v) is 5.87. The molecular weight excluding hydrogens is 274 g/mol. The highest BCUT2D eigenvalue weighted by molar-refractivity contribution is 5.83. The lowest BCUT2D eigenvalue weighted by atomic mass is 9.95. The second-order valence-electron chi connectivity index (χ2n) is 4.52. The first-order chi connectivity index (χ1) is 9.23. The smallest absolute Gasteiger partial charge is 0.329 e. The van der Waals surface area contributed by atoms with Gasteiger partial charge in [-0.15, -0.1) is 0 Å². The van der Waals surface area contributed by atoms with Crippen LogP contribution in [0.25, 0.3) is 0 Å². The van der Waals surface area contributed by atoms with Crippen molar-refractivity contribution in [3.63, 3.8) is 0 Å². The number of nitrogens with one attached hydrogen (secondary N) is 1. The molecule has 1 unspecified atom stereocenters. The number of hydrogen-bond donors (Lipinski definition) is 2. The lowest BCUT2D eigenvalue weighted by molar-refractivity contribution is -0.384. The summed E-state index contributed by atoms with van der Waals surface area (Å²) in [6, 6.07) is 1.41. The van der Waals surface area contributed by atoms with E-state index in [1.807, 2.05) is 0 Å². The second-order valence-corrected chi connectivity index (χ2v) is 4.52. The third-order valence-electron chi connectivity index (χ3n) is 2.89. The third-order valence-corrected chi connectivity index (χ3v) is 2.89. The van der Waals surface area contributed by atoms with E-state index in [9.17, 15) is 23.7 Å². The number of nitrogens with zero attached hydrogens (tertiary/aromatic N) is 1. The van der Waals surface area contributed by atoms with E-state index in [2.05, 4.69) is 5.32 Å². The summed E-state index contributed by atoms with van der Waals surface area (Å²) in [6.07, 6.45) is 0.538. The molecular formula is C12H14F2N2O4. The van der Waals surface area contributed by atoms with Crippen LogP contribution in [-0.4, -0.2) is 21.5 Å². The molecule has 0 aliphatic rings. The van der Waals surface area contributed by atoms with Gasteiger partial charge >= 0.3 is 5.97 Å². The molecule has 0 bridgehead atoms. The van der Waals surface area contributed by atoms with Crippen LogP contribution in [0.15, 0.2) is 12.1 Å². The SMILES string of the molecule is CCCC(C)(Nc1c([N+](=O)[O-])ccc(F)c1F)C(=O)O. The summed E-state index contributed by atoms with van der Waals surface area (Å²) < 4.78 is 26.9. The van der Waals surface area contributed by atoms with E-state index in [4.69, 9.17) is 5.11 Å². The van der Waals surface area contributed by atoms with E-state index in [1.165, 1.54) is 6.92 Å². The normalized spacial score (nSPS) is 13.6. The van der Waals surface area contributed by atoms with Crippen LogP contribution in [0, 0.1) is 21.7 Å².